The molecule has 0 unspecified atom stereocenters. The zero-order chi connectivity index (χ0) is 25.1. The largest absolute Gasteiger partial charge is 0.296 e. The van der Waals surface area contributed by atoms with E-state index in [0.29, 0.717) is 0 Å². The molecule has 7 aromatic rings. The van der Waals surface area contributed by atoms with E-state index in [1.807, 2.05) is 68.0 Å². The third kappa shape index (κ3) is 4.35. The molecular weight excluding hydrogens is 633 g/mol. The molecule has 0 saturated heterocycles. The van der Waals surface area contributed by atoms with E-state index in [4.69, 9.17) is 0 Å². The SMILES string of the molecule is Cc1cc(C)cc(-c2csc(-c3sc4ccccc4[s+]3)c2-c2c(Br)csc2-c2sc3ccccc3[s+]2)c1. The highest BCUT2D eigenvalue weighted by Crippen LogP contribution is 2.56. The summed E-state index contributed by atoms with van der Waals surface area (Å²) in [6, 6.07) is 24.4. The minimum Gasteiger partial charge on any atom is -0.137 e. The van der Waals surface area contributed by atoms with Crippen LogP contribution >= 0.6 is 84.0 Å². The highest BCUT2D eigenvalue weighted by molar-refractivity contribution is 9.10. The Labute approximate surface area is 247 Å². The first-order valence-corrected chi connectivity index (χ1v) is 17.5. The minimum atomic E-state index is 1.17. The second kappa shape index (κ2) is 9.72. The molecular formula is C30H19BrS6+2. The molecule has 0 atom stereocenters. The molecule has 0 nitrogen and oxygen atoms in total. The summed E-state index contributed by atoms with van der Waals surface area (Å²) in [4.78, 5) is 2.72. The van der Waals surface area contributed by atoms with E-state index in [0.717, 1.165) is 0 Å². The van der Waals surface area contributed by atoms with E-state index in [2.05, 4.69) is 107 Å². The zero-order valence-electron chi connectivity index (χ0n) is 19.8. The Bertz CT molecular complexity index is 1850. The van der Waals surface area contributed by atoms with Crippen molar-refractivity contribution in [2.75, 3.05) is 0 Å². The van der Waals surface area contributed by atoms with Crippen LogP contribution in [0.2, 0.25) is 0 Å². The first kappa shape index (κ1) is 24.2. The van der Waals surface area contributed by atoms with E-state index in [1.54, 1.807) is 0 Å². The summed E-state index contributed by atoms with van der Waals surface area (Å²) in [5.74, 6) is 0. The van der Waals surface area contributed by atoms with Gasteiger partial charge in [0.2, 0.25) is 0 Å². The van der Waals surface area contributed by atoms with Gasteiger partial charge in [0.25, 0.3) is 8.38 Å². The molecule has 0 aliphatic rings. The van der Waals surface area contributed by atoms with Crippen molar-refractivity contribution in [2.45, 2.75) is 13.8 Å². The van der Waals surface area contributed by atoms with Gasteiger partial charge in [0.1, 0.15) is 9.75 Å². The van der Waals surface area contributed by atoms with E-state index in [1.165, 1.54) is 74.8 Å². The lowest BCUT2D eigenvalue weighted by molar-refractivity contribution is 1.39. The predicted molar refractivity (Wildman–Crippen MR) is 176 cm³/mol. The van der Waals surface area contributed by atoms with Crippen LogP contribution in [0.3, 0.4) is 0 Å². The monoisotopic (exact) mass is 650 g/mol. The Hall–Kier alpha value is -1.84. The third-order valence-corrected chi connectivity index (χ3v) is 14.8. The van der Waals surface area contributed by atoms with Crippen molar-refractivity contribution < 1.29 is 0 Å². The maximum Gasteiger partial charge on any atom is 0.296 e. The molecule has 4 aromatic heterocycles. The van der Waals surface area contributed by atoms with Gasteiger partial charge < -0.3 is 0 Å². The quantitative estimate of drug-likeness (QED) is 0.166. The first-order valence-electron chi connectivity index (χ1n) is 11.7. The van der Waals surface area contributed by atoms with Crippen LogP contribution in [-0.2, 0) is 0 Å². The standard InChI is InChI=1S/C30H19BrS6/c1-16-11-17(2)13-18(12-16)19-14-32-27(29-34-21-7-3-4-8-22(21)35-29)25(19)26-20(31)15-33-28(26)30-36-23-9-5-6-10-24(23)37-30/h3-15H,1-2H3/q+2. The molecule has 0 aliphatic heterocycles. The molecule has 3 aromatic carbocycles. The Morgan fingerprint density at radius 2 is 1.19 bits per heavy atom. The van der Waals surface area contributed by atoms with Crippen LogP contribution in [0, 0.1) is 13.8 Å². The molecule has 0 N–H and O–H groups in total. The highest BCUT2D eigenvalue weighted by Gasteiger charge is 2.32. The van der Waals surface area contributed by atoms with Gasteiger partial charge in [0.05, 0.1) is 45.3 Å². The molecule has 0 saturated carbocycles. The topological polar surface area (TPSA) is 0 Å². The highest BCUT2D eigenvalue weighted by atomic mass is 79.9. The molecule has 0 bridgehead atoms. The van der Waals surface area contributed by atoms with Gasteiger partial charge in [-0.1, -0.05) is 53.6 Å². The summed E-state index contributed by atoms with van der Waals surface area (Å²) >= 11 is 15.3. The molecule has 180 valence electrons. The third-order valence-electron chi connectivity index (χ3n) is 6.20. The number of halogens is 1. The normalized spacial score (nSPS) is 11.6. The summed E-state index contributed by atoms with van der Waals surface area (Å²) < 4.78 is 9.33. The van der Waals surface area contributed by atoms with Gasteiger partial charge in [-0.3, -0.25) is 0 Å². The lowest BCUT2D eigenvalue weighted by atomic mass is 9.95. The van der Waals surface area contributed by atoms with Crippen molar-refractivity contribution in [1.29, 1.82) is 0 Å². The van der Waals surface area contributed by atoms with Gasteiger partial charge in [-0.05, 0) is 59.6 Å². The fourth-order valence-corrected chi connectivity index (χ4v) is 13.0. The van der Waals surface area contributed by atoms with E-state index in [9.17, 15) is 0 Å². The molecule has 7 heteroatoms. The molecule has 0 radical (unpaired) electrons. The number of hydrogen-bond donors (Lipinski definition) is 0. The summed E-state index contributed by atoms with van der Waals surface area (Å²) in [5.41, 5.74) is 7.89. The van der Waals surface area contributed by atoms with Crippen LogP contribution in [0.5, 0.6) is 0 Å². The Kier molecular flexibility index (Phi) is 6.36. The molecule has 0 aliphatic carbocycles. The maximum atomic E-state index is 3.99. The number of rotatable bonds is 4. The second-order valence-corrected chi connectivity index (χ2v) is 16.2. The van der Waals surface area contributed by atoms with Crippen LogP contribution < -0.4 is 0 Å². The molecule has 0 spiro atoms. The van der Waals surface area contributed by atoms with Crippen LogP contribution in [0.4, 0.5) is 0 Å². The Morgan fingerprint density at radius 3 is 1.78 bits per heavy atom. The lowest BCUT2D eigenvalue weighted by Gasteiger charge is -2.09. The van der Waals surface area contributed by atoms with E-state index in [-0.39, 0.29) is 0 Å². The van der Waals surface area contributed by atoms with Gasteiger partial charge in [0.15, 0.2) is 18.8 Å². The van der Waals surface area contributed by atoms with Gasteiger partial charge in [-0.15, -0.1) is 22.7 Å². The number of hydrogen-bond acceptors (Lipinski definition) is 4. The van der Waals surface area contributed by atoms with E-state index < -0.39 is 0 Å². The molecule has 0 amide bonds. The molecule has 7 rings (SSSR count). The van der Waals surface area contributed by atoms with Crippen molar-refractivity contribution >= 4 is 103 Å². The molecule has 4 heterocycles. The first-order chi connectivity index (χ1) is 18.0. The molecule has 0 fully saturated rings. The average Bonchev–Trinajstić information content (AvgIpc) is 3.66. The van der Waals surface area contributed by atoms with Crippen molar-refractivity contribution in [1.82, 2.24) is 0 Å². The van der Waals surface area contributed by atoms with Crippen molar-refractivity contribution in [3.8, 4) is 40.4 Å². The van der Waals surface area contributed by atoms with Gasteiger partial charge in [-0.25, -0.2) is 0 Å². The lowest BCUT2D eigenvalue weighted by Crippen LogP contribution is -1.86. The number of fused-ring (bicyclic) bond motifs is 2. The zero-order valence-corrected chi connectivity index (χ0v) is 26.3. The fourth-order valence-electron chi connectivity index (χ4n) is 4.68. The van der Waals surface area contributed by atoms with Crippen LogP contribution in [0.15, 0.2) is 82.0 Å². The van der Waals surface area contributed by atoms with E-state index >= 15 is 0 Å². The summed E-state index contributed by atoms with van der Waals surface area (Å²) in [5, 5.41) is 4.64. The van der Waals surface area contributed by atoms with Crippen LogP contribution in [-0.4, -0.2) is 0 Å². The number of benzene rings is 3. The Balaban J connectivity index is 1.52. The van der Waals surface area contributed by atoms with Gasteiger partial charge in [0, 0.05) is 31.9 Å². The van der Waals surface area contributed by atoms with Crippen molar-refractivity contribution in [3.05, 3.63) is 93.1 Å². The van der Waals surface area contributed by atoms with Crippen molar-refractivity contribution in [2.24, 2.45) is 0 Å². The minimum absolute atomic E-state index is 1.17. The summed E-state index contributed by atoms with van der Waals surface area (Å²) in [6.07, 6.45) is 0. The van der Waals surface area contributed by atoms with Gasteiger partial charge >= 0.3 is 0 Å². The van der Waals surface area contributed by atoms with Crippen LogP contribution in [0.25, 0.3) is 59.2 Å². The smallest absolute Gasteiger partial charge is 0.137 e. The number of aryl methyl sites for hydroxylation is 2. The summed E-state index contributed by atoms with van der Waals surface area (Å²) in [7, 11) is 0. The fraction of sp³-hybridized carbons (Fsp3) is 0.0667. The van der Waals surface area contributed by atoms with Gasteiger partial charge in [-0.2, -0.15) is 0 Å². The van der Waals surface area contributed by atoms with Crippen LogP contribution in [0.1, 0.15) is 11.1 Å². The van der Waals surface area contributed by atoms with Crippen molar-refractivity contribution in [3.63, 3.8) is 0 Å². The Morgan fingerprint density at radius 1 is 0.649 bits per heavy atom. The molecule has 37 heavy (non-hydrogen) atoms. The second-order valence-electron chi connectivity index (χ2n) is 8.89. The number of thiophene rings is 2. The predicted octanol–water partition coefficient (Wildman–Crippen LogP) is 13.0. The maximum absolute atomic E-state index is 3.99. The average molecular weight is 652 g/mol. The summed E-state index contributed by atoms with van der Waals surface area (Å²) in [6.45, 7) is 4.39.